The third-order valence-electron chi connectivity index (χ3n) is 1.07. The Kier molecular flexibility index (Phi) is 3.23. The van der Waals surface area contributed by atoms with E-state index in [2.05, 4.69) is 25.9 Å². The van der Waals surface area contributed by atoms with E-state index in [0.29, 0.717) is 6.61 Å². The highest BCUT2D eigenvalue weighted by Crippen LogP contribution is 2.15. The summed E-state index contributed by atoms with van der Waals surface area (Å²) in [6, 6.07) is 0. The highest BCUT2D eigenvalue weighted by molar-refractivity contribution is 9.10. The zero-order chi connectivity index (χ0) is 8.27. The summed E-state index contributed by atoms with van der Waals surface area (Å²) in [4.78, 5) is 7.72. The second-order valence-corrected chi connectivity index (χ2v) is 3.06. The molecule has 0 spiro atoms. The van der Waals surface area contributed by atoms with Gasteiger partial charge in [0, 0.05) is 13.3 Å². The molecule has 1 aromatic heterocycles. The molecule has 0 fully saturated rings. The number of halogens is 2. The normalized spacial score (nSPS) is 10.1. The number of hydrogen-bond acceptors (Lipinski definition) is 3. The Morgan fingerprint density at radius 2 is 2.45 bits per heavy atom. The van der Waals surface area contributed by atoms with Crippen LogP contribution in [-0.4, -0.2) is 17.1 Å². The van der Waals surface area contributed by atoms with Crippen LogP contribution in [-0.2, 0) is 11.3 Å². The van der Waals surface area contributed by atoms with Crippen molar-refractivity contribution in [1.29, 1.82) is 0 Å². The van der Waals surface area contributed by atoms with Crippen molar-refractivity contribution in [1.82, 2.24) is 9.97 Å². The maximum Gasteiger partial charge on any atom is 0.222 e. The fourth-order valence-electron chi connectivity index (χ4n) is 0.616. The highest BCUT2D eigenvalue weighted by Gasteiger charge is 2.01. The van der Waals surface area contributed by atoms with Crippen molar-refractivity contribution in [2.24, 2.45) is 0 Å². The number of methoxy groups -OCH3 is 1. The van der Waals surface area contributed by atoms with Gasteiger partial charge in [-0.1, -0.05) is 0 Å². The van der Waals surface area contributed by atoms with Gasteiger partial charge < -0.3 is 4.74 Å². The molecule has 0 amide bonds. The molecular formula is C6H6BrClN2O. The Labute approximate surface area is 77.9 Å². The maximum absolute atomic E-state index is 5.55. The molecule has 0 aromatic carbocycles. The lowest BCUT2D eigenvalue weighted by Gasteiger charge is -2.00. The monoisotopic (exact) mass is 236 g/mol. The quantitative estimate of drug-likeness (QED) is 0.738. The molecule has 0 unspecified atom stereocenters. The van der Waals surface area contributed by atoms with Gasteiger partial charge in [-0.05, 0) is 27.5 Å². The third-order valence-corrected chi connectivity index (χ3v) is 1.91. The largest absolute Gasteiger partial charge is 0.378 e. The van der Waals surface area contributed by atoms with Crippen molar-refractivity contribution in [2.45, 2.75) is 6.61 Å². The molecule has 11 heavy (non-hydrogen) atoms. The van der Waals surface area contributed by atoms with E-state index in [4.69, 9.17) is 16.3 Å². The summed E-state index contributed by atoms with van der Waals surface area (Å²) in [6.07, 6.45) is 1.60. The molecule has 0 atom stereocenters. The van der Waals surface area contributed by atoms with E-state index in [1.54, 1.807) is 13.3 Å². The SMILES string of the molecule is COCc1nc(Cl)ncc1Br. The van der Waals surface area contributed by atoms with Crippen LogP contribution in [0.25, 0.3) is 0 Å². The zero-order valence-corrected chi connectivity index (χ0v) is 8.18. The highest BCUT2D eigenvalue weighted by atomic mass is 79.9. The van der Waals surface area contributed by atoms with Crippen molar-refractivity contribution < 1.29 is 4.74 Å². The molecule has 0 saturated heterocycles. The number of ether oxygens (including phenoxy) is 1. The molecule has 0 N–H and O–H groups in total. The van der Waals surface area contributed by atoms with Crippen molar-refractivity contribution in [3.63, 3.8) is 0 Å². The van der Waals surface area contributed by atoms with E-state index >= 15 is 0 Å². The van der Waals surface area contributed by atoms with E-state index in [1.807, 2.05) is 0 Å². The van der Waals surface area contributed by atoms with Gasteiger partial charge in [-0.15, -0.1) is 0 Å². The van der Waals surface area contributed by atoms with Crippen LogP contribution in [0.2, 0.25) is 5.28 Å². The minimum Gasteiger partial charge on any atom is -0.378 e. The molecule has 3 nitrogen and oxygen atoms in total. The average molecular weight is 237 g/mol. The zero-order valence-electron chi connectivity index (χ0n) is 5.84. The van der Waals surface area contributed by atoms with Gasteiger partial charge >= 0.3 is 0 Å². The average Bonchev–Trinajstić information content (AvgIpc) is 1.98. The molecule has 1 heterocycles. The number of rotatable bonds is 2. The van der Waals surface area contributed by atoms with Crippen LogP contribution in [0.4, 0.5) is 0 Å². The van der Waals surface area contributed by atoms with Crippen LogP contribution in [0, 0.1) is 0 Å². The first-order valence-electron chi connectivity index (χ1n) is 2.90. The molecule has 0 aliphatic heterocycles. The van der Waals surface area contributed by atoms with Crippen LogP contribution in [0.1, 0.15) is 5.69 Å². The van der Waals surface area contributed by atoms with Gasteiger partial charge in [0.1, 0.15) is 0 Å². The topological polar surface area (TPSA) is 35.0 Å². The molecule has 1 aromatic rings. The lowest BCUT2D eigenvalue weighted by atomic mass is 10.4. The van der Waals surface area contributed by atoms with Gasteiger partial charge in [-0.2, -0.15) is 0 Å². The summed E-state index contributed by atoms with van der Waals surface area (Å²) in [5.74, 6) is 0. The second kappa shape index (κ2) is 3.99. The molecular weight excluding hydrogens is 231 g/mol. The minimum atomic E-state index is 0.236. The summed E-state index contributed by atoms with van der Waals surface area (Å²) in [6.45, 7) is 0.433. The van der Waals surface area contributed by atoms with Gasteiger partial charge in [-0.3, -0.25) is 0 Å². The third kappa shape index (κ3) is 2.39. The molecule has 1 rings (SSSR count). The Morgan fingerprint density at radius 1 is 1.73 bits per heavy atom. The Morgan fingerprint density at radius 3 is 3.09 bits per heavy atom. The molecule has 0 aliphatic rings. The lowest BCUT2D eigenvalue weighted by Crippen LogP contribution is -1.95. The fraction of sp³-hybridized carbons (Fsp3) is 0.333. The Hall–Kier alpha value is -0.190. The summed E-state index contributed by atoms with van der Waals surface area (Å²) in [5.41, 5.74) is 0.757. The first-order chi connectivity index (χ1) is 5.24. The van der Waals surface area contributed by atoms with Gasteiger partial charge in [0.2, 0.25) is 5.28 Å². The Bertz CT molecular complexity index is 256. The second-order valence-electron chi connectivity index (χ2n) is 1.87. The molecule has 60 valence electrons. The van der Waals surface area contributed by atoms with Crippen LogP contribution >= 0.6 is 27.5 Å². The summed E-state index contributed by atoms with van der Waals surface area (Å²) in [5, 5.41) is 0.236. The van der Waals surface area contributed by atoms with Crippen LogP contribution < -0.4 is 0 Å². The van der Waals surface area contributed by atoms with Crippen molar-refractivity contribution >= 4 is 27.5 Å². The number of nitrogens with zero attached hydrogens (tertiary/aromatic N) is 2. The van der Waals surface area contributed by atoms with E-state index in [9.17, 15) is 0 Å². The van der Waals surface area contributed by atoms with Gasteiger partial charge in [0.25, 0.3) is 0 Å². The first-order valence-corrected chi connectivity index (χ1v) is 4.07. The number of aromatic nitrogens is 2. The molecule has 0 radical (unpaired) electrons. The van der Waals surface area contributed by atoms with Crippen molar-refractivity contribution in [3.8, 4) is 0 Å². The summed E-state index contributed by atoms with van der Waals surface area (Å²) < 4.78 is 5.69. The Balaban J connectivity index is 2.93. The summed E-state index contributed by atoms with van der Waals surface area (Å²) >= 11 is 8.82. The molecule has 0 saturated carbocycles. The molecule has 5 heteroatoms. The predicted molar refractivity (Wildman–Crippen MR) is 45.5 cm³/mol. The van der Waals surface area contributed by atoms with Gasteiger partial charge in [0.15, 0.2) is 0 Å². The van der Waals surface area contributed by atoms with E-state index < -0.39 is 0 Å². The number of hydrogen-bond donors (Lipinski definition) is 0. The maximum atomic E-state index is 5.55. The minimum absolute atomic E-state index is 0.236. The van der Waals surface area contributed by atoms with Crippen LogP contribution in [0.3, 0.4) is 0 Å². The first kappa shape index (κ1) is 8.90. The van der Waals surface area contributed by atoms with Crippen LogP contribution in [0.15, 0.2) is 10.7 Å². The smallest absolute Gasteiger partial charge is 0.222 e. The lowest BCUT2D eigenvalue weighted by molar-refractivity contribution is 0.181. The van der Waals surface area contributed by atoms with Gasteiger partial charge in [-0.25, -0.2) is 9.97 Å². The summed E-state index contributed by atoms with van der Waals surface area (Å²) in [7, 11) is 1.60. The standard InChI is InChI=1S/C6H6BrClN2O/c1-11-3-5-4(7)2-9-6(8)10-5/h2H,3H2,1H3. The van der Waals surface area contributed by atoms with E-state index in [0.717, 1.165) is 10.2 Å². The molecule has 0 aliphatic carbocycles. The van der Waals surface area contributed by atoms with Crippen molar-refractivity contribution in [3.05, 3.63) is 21.6 Å². The van der Waals surface area contributed by atoms with Gasteiger partial charge in [0.05, 0.1) is 16.8 Å². The molecule has 0 bridgehead atoms. The van der Waals surface area contributed by atoms with E-state index in [1.165, 1.54) is 0 Å². The fourth-order valence-corrected chi connectivity index (χ4v) is 1.07. The van der Waals surface area contributed by atoms with Crippen LogP contribution in [0.5, 0.6) is 0 Å². The predicted octanol–water partition coefficient (Wildman–Crippen LogP) is 2.04. The van der Waals surface area contributed by atoms with Crippen molar-refractivity contribution in [2.75, 3.05) is 7.11 Å². The van der Waals surface area contributed by atoms with E-state index in [-0.39, 0.29) is 5.28 Å².